The fourth-order valence-electron chi connectivity index (χ4n) is 5.04. The van der Waals surface area contributed by atoms with Crippen molar-refractivity contribution in [2.24, 2.45) is 17.8 Å². The highest BCUT2D eigenvalue weighted by Crippen LogP contribution is 2.42. The first-order chi connectivity index (χ1) is 10.4. The zero-order valence-electron chi connectivity index (χ0n) is 14.3. The van der Waals surface area contributed by atoms with E-state index in [1.54, 1.807) is 32.1 Å². The molecule has 0 aromatic carbocycles. The van der Waals surface area contributed by atoms with Gasteiger partial charge in [-0.15, -0.1) is 9.24 Å². The van der Waals surface area contributed by atoms with Gasteiger partial charge in [0.2, 0.25) is 0 Å². The summed E-state index contributed by atoms with van der Waals surface area (Å²) in [4.78, 5) is 0. The Morgan fingerprint density at radius 1 is 0.619 bits per heavy atom. The van der Waals surface area contributed by atoms with Crippen molar-refractivity contribution in [1.82, 2.24) is 0 Å². The smallest absolute Gasteiger partial charge is 0.0357 e. The molecule has 0 nitrogen and oxygen atoms in total. The van der Waals surface area contributed by atoms with Crippen LogP contribution in [0.3, 0.4) is 0 Å². The van der Waals surface area contributed by atoms with Crippen LogP contribution in [0.5, 0.6) is 0 Å². The van der Waals surface area contributed by atoms with Crippen LogP contribution in [0.2, 0.25) is 0 Å². The molecule has 0 N–H and O–H groups in total. The summed E-state index contributed by atoms with van der Waals surface area (Å²) in [6.45, 7) is 0. The Morgan fingerprint density at radius 3 is 1.62 bits per heavy atom. The standard InChI is InChI=1S/C20H39P/c21-17-11-3-1-2-10-16-20(18-12-6-4-7-13-18)19-14-8-5-9-15-19/h18-20H,1-17,21H2. The summed E-state index contributed by atoms with van der Waals surface area (Å²) in [5.74, 6) is 3.31. The average molecular weight is 311 g/mol. The number of hydrogen-bond acceptors (Lipinski definition) is 0. The van der Waals surface area contributed by atoms with E-state index in [9.17, 15) is 0 Å². The van der Waals surface area contributed by atoms with Gasteiger partial charge in [-0.05, 0) is 36.8 Å². The molecule has 0 heterocycles. The molecule has 2 aliphatic carbocycles. The second kappa shape index (κ2) is 11.0. The molecule has 2 saturated carbocycles. The van der Waals surface area contributed by atoms with Crippen molar-refractivity contribution in [1.29, 1.82) is 0 Å². The lowest BCUT2D eigenvalue weighted by atomic mass is 9.68. The lowest BCUT2D eigenvalue weighted by molar-refractivity contribution is 0.131. The van der Waals surface area contributed by atoms with E-state index in [0.29, 0.717) is 0 Å². The molecule has 124 valence electrons. The summed E-state index contributed by atoms with van der Waals surface area (Å²) in [5.41, 5.74) is 0. The van der Waals surface area contributed by atoms with Crippen LogP contribution in [-0.2, 0) is 0 Å². The maximum Gasteiger partial charge on any atom is -0.0357 e. The molecular formula is C20H39P. The fraction of sp³-hybridized carbons (Fsp3) is 1.00. The lowest BCUT2D eigenvalue weighted by Gasteiger charge is -2.38. The molecule has 0 aromatic rings. The summed E-state index contributed by atoms with van der Waals surface area (Å²) in [6, 6.07) is 0. The lowest BCUT2D eigenvalue weighted by Crippen LogP contribution is -2.27. The minimum atomic E-state index is 1.10. The Balaban J connectivity index is 1.74. The van der Waals surface area contributed by atoms with E-state index in [2.05, 4.69) is 9.24 Å². The van der Waals surface area contributed by atoms with Gasteiger partial charge in [0.05, 0.1) is 0 Å². The molecule has 0 spiro atoms. The Hall–Kier alpha value is 0.430. The molecule has 0 saturated heterocycles. The minimum absolute atomic E-state index is 1.10. The van der Waals surface area contributed by atoms with Gasteiger partial charge in [-0.1, -0.05) is 89.9 Å². The zero-order chi connectivity index (χ0) is 14.8. The molecule has 0 bridgehead atoms. The third kappa shape index (κ3) is 6.60. The van der Waals surface area contributed by atoms with E-state index in [1.807, 2.05) is 0 Å². The van der Waals surface area contributed by atoms with Gasteiger partial charge >= 0.3 is 0 Å². The first kappa shape index (κ1) is 17.8. The second-order valence-electron chi connectivity index (χ2n) is 7.81. The summed E-state index contributed by atoms with van der Waals surface area (Å²) >= 11 is 0. The normalized spacial score (nSPS) is 22.0. The molecular weight excluding hydrogens is 271 g/mol. The van der Waals surface area contributed by atoms with Gasteiger partial charge in [0.1, 0.15) is 0 Å². The van der Waals surface area contributed by atoms with E-state index in [4.69, 9.17) is 0 Å². The third-order valence-electron chi connectivity index (χ3n) is 6.25. The highest BCUT2D eigenvalue weighted by molar-refractivity contribution is 7.16. The van der Waals surface area contributed by atoms with Gasteiger partial charge in [-0.2, -0.15) is 0 Å². The van der Waals surface area contributed by atoms with Crippen LogP contribution in [-0.4, -0.2) is 6.16 Å². The Labute approximate surface area is 136 Å². The monoisotopic (exact) mass is 310 g/mol. The zero-order valence-corrected chi connectivity index (χ0v) is 15.5. The molecule has 1 unspecified atom stereocenters. The van der Waals surface area contributed by atoms with Crippen LogP contribution in [0, 0.1) is 17.8 Å². The summed E-state index contributed by atoms with van der Waals surface area (Å²) < 4.78 is 0. The molecule has 1 heteroatoms. The van der Waals surface area contributed by atoms with Crippen LogP contribution < -0.4 is 0 Å². The molecule has 0 aliphatic heterocycles. The Kier molecular flexibility index (Phi) is 9.35. The summed E-state index contributed by atoms with van der Waals surface area (Å²) in [6.07, 6.45) is 25.7. The summed E-state index contributed by atoms with van der Waals surface area (Å²) in [5, 5.41) is 0. The molecule has 21 heavy (non-hydrogen) atoms. The van der Waals surface area contributed by atoms with Gasteiger partial charge in [0.15, 0.2) is 0 Å². The Morgan fingerprint density at radius 2 is 1.10 bits per heavy atom. The van der Waals surface area contributed by atoms with Gasteiger partial charge in [0.25, 0.3) is 0 Å². The van der Waals surface area contributed by atoms with Crippen LogP contribution in [0.4, 0.5) is 0 Å². The quantitative estimate of drug-likeness (QED) is 0.318. The third-order valence-corrected chi connectivity index (χ3v) is 6.66. The molecule has 0 amide bonds. The maximum atomic E-state index is 2.87. The van der Waals surface area contributed by atoms with E-state index in [-0.39, 0.29) is 0 Å². The van der Waals surface area contributed by atoms with Crippen molar-refractivity contribution in [3.05, 3.63) is 0 Å². The molecule has 0 radical (unpaired) electrons. The largest absolute Gasteiger partial charge is 0.138 e. The van der Waals surface area contributed by atoms with Crippen molar-refractivity contribution in [2.75, 3.05) is 6.16 Å². The molecule has 2 aliphatic rings. The predicted molar refractivity (Wildman–Crippen MR) is 98.9 cm³/mol. The topological polar surface area (TPSA) is 0 Å². The number of hydrogen-bond donors (Lipinski definition) is 0. The van der Waals surface area contributed by atoms with Gasteiger partial charge < -0.3 is 0 Å². The van der Waals surface area contributed by atoms with E-state index in [0.717, 1.165) is 17.8 Å². The van der Waals surface area contributed by atoms with Crippen LogP contribution in [0.15, 0.2) is 0 Å². The molecule has 2 fully saturated rings. The highest BCUT2D eigenvalue weighted by Gasteiger charge is 2.30. The number of unbranched alkanes of at least 4 members (excludes halogenated alkanes) is 4. The fourth-order valence-corrected chi connectivity index (χ4v) is 5.32. The highest BCUT2D eigenvalue weighted by atomic mass is 31.0. The number of rotatable bonds is 9. The van der Waals surface area contributed by atoms with Crippen molar-refractivity contribution < 1.29 is 0 Å². The first-order valence-corrected chi connectivity index (χ1v) is 10.9. The average Bonchev–Trinajstić information content (AvgIpc) is 2.56. The maximum absolute atomic E-state index is 2.87. The van der Waals surface area contributed by atoms with Gasteiger partial charge in [-0.3, -0.25) is 0 Å². The van der Waals surface area contributed by atoms with Crippen LogP contribution >= 0.6 is 9.24 Å². The van der Waals surface area contributed by atoms with Crippen LogP contribution in [0.1, 0.15) is 103 Å². The van der Waals surface area contributed by atoms with Gasteiger partial charge in [0, 0.05) is 0 Å². The molecule has 0 aromatic heterocycles. The minimum Gasteiger partial charge on any atom is -0.138 e. The van der Waals surface area contributed by atoms with Crippen molar-refractivity contribution in [3.8, 4) is 0 Å². The molecule has 1 atom stereocenters. The summed E-state index contributed by atoms with van der Waals surface area (Å²) in [7, 11) is 2.87. The second-order valence-corrected chi connectivity index (χ2v) is 8.38. The first-order valence-electron chi connectivity index (χ1n) is 10.1. The molecule has 2 rings (SSSR count). The van der Waals surface area contributed by atoms with Crippen molar-refractivity contribution in [3.63, 3.8) is 0 Å². The van der Waals surface area contributed by atoms with Gasteiger partial charge in [-0.25, -0.2) is 0 Å². The van der Waals surface area contributed by atoms with E-state index in [1.165, 1.54) is 76.8 Å². The van der Waals surface area contributed by atoms with E-state index >= 15 is 0 Å². The predicted octanol–water partition coefficient (Wildman–Crippen LogP) is 6.98. The van der Waals surface area contributed by atoms with Crippen LogP contribution in [0.25, 0.3) is 0 Å². The van der Waals surface area contributed by atoms with Crippen molar-refractivity contribution in [2.45, 2.75) is 103 Å². The van der Waals surface area contributed by atoms with Crippen molar-refractivity contribution >= 4 is 9.24 Å². The Bertz CT molecular complexity index is 220. The van der Waals surface area contributed by atoms with E-state index < -0.39 is 0 Å². The SMILES string of the molecule is PCCCCCCCC(C1CCCCC1)C1CCCCC1.